The van der Waals surface area contributed by atoms with Gasteiger partial charge in [-0.05, 0) is 25.6 Å². The number of hydrogen-bond donors (Lipinski definition) is 1. The van der Waals surface area contributed by atoms with E-state index in [4.69, 9.17) is 4.74 Å². The number of nitrogens with one attached hydrogen (secondary N) is 1. The second-order valence-corrected chi connectivity index (χ2v) is 5.59. The molecule has 8 heteroatoms. The van der Waals surface area contributed by atoms with Gasteiger partial charge in [-0.15, -0.1) is 0 Å². The summed E-state index contributed by atoms with van der Waals surface area (Å²) in [5.74, 6) is 0.917. The van der Waals surface area contributed by atoms with Crippen molar-refractivity contribution in [2.45, 2.75) is 26.8 Å². The van der Waals surface area contributed by atoms with Crippen molar-refractivity contribution in [2.24, 2.45) is 0 Å². The molecule has 1 saturated heterocycles. The second-order valence-electron chi connectivity index (χ2n) is 5.59. The molecule has 1 aromatic heterocycles. The summed E-state index contributed by atoms with van der Waals surface area (Å²) in [6.45, 7) is 7.94. The maximum atomic E-state index is 11.9. The van der Waals surface area contributed by atoms with Gasteiger partial charge in [-0.1, -0.05) is 25.1 Å². The molecule has 2 heterocycles. The first-order valence-corrected chi connectivity index (χ1v) is 8.38. The number of hydrogen-bond acceptors (Lipinski definition) is 6. The van der Waals surface area contributed by atoms with Crippen LogP contribution in [0.25, 0.3) is 0 Å². The van der Waals surface area contributed by atoms with Crippen molar-refractivity contribution in [1.29, 1.82) is 0 Å². The molecule has 1 N–H and O–H groups in total. The van der Waals surface area contributed by atoms with Gasteiger partial charge in [-0.3, -0.25) is 19.5 Å². The number of ether oxygens (including phenoxy) is 2. The molecule has 2 aromatic rings. The lowest BCUT2D eigenvalue weighted by molar-refractivity contribution is -0.116. The fourth-order valence-corrected chi connectivity index (χ4v) is 2.31. The lowest BCUT2D eigenvalue weighted by atomic mass is 10.3. The molecule has 2 amide bonds. The number of alkyl carbamates (subject to hydrolysis) is 1. The number of para-hydroxylation sites is 1. The summed E-state index contributed by atoms with van der Waals surface area (Å²) in [5, 5.41) is 1.87. The van der Waals surface area contributed by atoms with Gasteiger partial charge >= 0.3 is 6.09 Å². The van der Waals surface area contributed by atoms with Crippen molar-refractivity contribution in [1.82, 2.24) is 14.9 Å². The maximum absolute atomic E-state index is 11.9. The van der Waals surface area contributed by atoms with Crippen molar-refractivity contribution >= 4 is 12.0 Å². The Morgan fingerprint density at radius 3 is 2.44 bits per heavy atom. The van der Waals surface area contributed by atoms with Gasteiger partial charge < -0.3 is 9.47 Å². The van der Waals surface area contributed by atoms with E-state index in [0.29, 0.717) is 13.2 Å². The Balaban J connectivity index is 0.000000273. The van der Waals surface area contributed by atoms with Crippen LogP contribution >= 0.6 is 0 Å². The highest BCUT2D eigenvalue weighted by molar-refractivity contribution is 6.06. The second kappa shape index (κ2) is 9.33. The first-order valence-electron chi connectivity index (χ1n) is 8.38. The molecule has 0 radical (unpaired) electrons. The molecule has 0 bridgehead atoms. The van der Waals surface area contributed by atoms with Gasteiger partial charge in [-0.25, -0.2) is 9.78 Å². The quantitative estimate of drug-likeness (QED) is 0.807. The van der Waals surface area contributed by atoms with Gasteiger partial charge in [0.05, 0.1) is 6.54 Å². The molecule has 1 fully saturated rings. The molecule has 0 aliphatic carbocycles. The number of carbonyl (C=O) groups excluding carboxylic acids is 2. The number of cyclic esters (lactones) is 1. The van der Waals surface area contributed by atoms with Crippen LogP contribution in [0.15, 0.2) is 53.5 Å². The van der Waals surface area contributed by atoms with Crippen LogP contribution in [0.2, 0.25) is 0 Å². The van der Waals surface area contributed by atoms with E-state index >= 15 is 0 Å². The van der Waals surface area contributed by atoms with Crippen LogP contribution in [0.4, 0.5) is 4.79 Å². The van der Waals surface area contributed by atoms with Crippen LogP contribution in [-0.2, 0) is 22.5 Å². The standard InChI is InChI=1S/C15H18N2O2.C4H3NO3/c1-3-14-16-12(2)11-15(18)17(14)9-10-19-13-7-5-4-6-8-13;1-2-3(6)5-4(7)8-2/h4-8,11H,3,9-10H2,1-2H3;1H2,(H,5,6,7). The number of aromatic nitrogens is 2. The largest absolute Gasteiger partial charge is 0.492 e. The summed E-state index contributed by atoms with van der Waals surface area (Å²) in [7, 11) is 0. The molecule has 8 nitrogen and oxygen atoms in total. The van der Waals surface area contributed by atoms with Crippen molar-refractivity contribution < 1.29 is 19.1 Å². The van der Waals surface area contributed by atoms with Gasteiger partial charge in [0.25, 0.3) is 11.5 Å². The molecule has 3 rings (SSSR count). The van der Waals surface area contributed by atoms with Gasteiger partial charge in [0.1, 0.15) is 18.2 Å². The SMILES string of the molecule is C=C1OC(=O)NC1=O.CCc1nc(C)cc(=O)n1CCOc1ccccc1. The Morgan fingerprint density at radius 2 is 1.93 bits per heavy atom. The third-order valence-electron chi connectivity index (χ3n) is 3.54. The summed E-state index contributed by atoms with van der Waals surface area (Å²) < 4.78 is 11.5. The van der Waals surface area contributed by atoms with Gasteiger partial charge in [0, 0.05) is 18.2 Å². The summed E-state index contributed by atoms with van der Waals surface area (Å²) in [5.41, 5.74) is 0.753. The van der Waals surface area contributed by atoms with Crippen LogP contribution < -0.4 is 15.6 Å². The summed E-state index contributed by atoms with van der Waals surface area (Å²) in [6, 6.07) is 11.1. The average Bonchev–Trinajstić information content (AvgIpc) is 2.93. The molecular formula is C19H21N3O5. The topological polar surface area (TPSA) is 99.5 Å². The number of benzene rings is 1. The Hall–Kier alpha value is -3.42. The number of imide groups is 1. The zero-order valence-electron chi connectivity index (χ0n) is 15.2. The van der Waals surface area contributed by atoms with Crippen LogP contribution in [-0.4, -0.2) is 28.2 Å². The van der Waals surface area contributed by atoms with E-state index in [1.165, 1.54) is 0 Å². The zero-order valence-corrected chi connectivity index (χ0v) is 15.2. The fourth-order valence-electron chi connectivity index (χ4n) is 2.31. The molecule has 0 saturated carbocycles. The normalized spacial score (nSPS) is 12.7. The molecule has 142 valence electrons. The first-order chi connectivity index (χ1) is 12.9. The smallest absolute Gasteiger partial charge is 0.419 e. The van der Waals surface area contributed by atoms with Crippen LogP contribution in [0.3, 0.4) is 0 Å². The predicted octanol–water partition coefficient (Wildman–Crippen LogP) is 1.96. The van der Waals surface area contributed by atoms with E-state index in [2.05, 4.69) is 16.3 Å². The number of nitrogens with zero attached hydrogens (tertiary/aromatic N) is 2. The van der Waals surface area contributed by atoms with Crippen molar-refractivity contribution in [2.75, 3.05) is 6.61 Å². The molecule has 1 aliphatic heterocycles. The maximum Gasteiger partial charge on any atom is 0.419 e. The minimum atomic E-state index is -0.750. The van der Waals surface area contributed by atoms with E-state index in [9.17, 15) is 14.4 Å². The van der Waals surface area contributed by atoms with Crippen molar-refractivity contribution in [3.05, 3.63) is 70.6 Å². The summed E-state index contributed by atoms with van der Waals surface area (Å²) in [6.07, 6.45) is -0.0116. The predicted molar refractivity (Wildman–Crippen MR) is 98.3 cm³/mol. The number of rotatable bonds is 5. The third kappa shape index (κ3) is 5.81. The Bertz CT molecular complexity index is 872. The van der Waals surface area contributed by atoms with Crippen LogP contribution in [0.5, 0.6) is 5.75 Å². The van der Waals surface area contributed by atoms with E-state index in [0.717, 1.165) is 23.7 Å². The van der Waals surface area contributed by atoms with Crippen molar-refractivity contribution in [3.63, 3.8) is 0 Å². The lowest BCUT2D eigenvalue weighted by Crippen LogP contribution is -2.27. The highest BCUT2D eigenvalue weighted by Crippen LogP contribution is 2.08. The van der Waals surface area contributed by atoms with E-state index in [1.54, 1.807) is 10.6 Å². The highest BCUT2D eigenvalue weighted by atomic mass is 16.6. The van der Waals surface area contributed by atoms with E-state index in [1.807, 2.05) is 49.5 Å². The number of amides is 2. The minimum absolute atomic E-state index is 0.0130. The van der Waals surface area contributed by atoms with Gasteiger partial charge in [-0.2, -0.15) is 0 Å². The Kier molecular flexibility index (Phi) is 6.87. The minimum Gasteiger partial charge on any atom is -0.492 e. The van der Waals surface area contributed by atoms with Crippen molar-refractivity contribution in [3.8, 4) is 5.75 Å². The lowest BCUT2D eigenvalue weighted by Gasteiger charge is -2.12. The van der Waals surface area contributed by atoms with Gasteiger partial charge in [0.2, 0.25) is 0 Å². The first kappa shape index (κ1) is 19.9. The summed E-state index contributed by atoms with van der Waals surface area (Å²) in [4.78, 5) is 36.6. The molecule has 0 spiro atoms. The Labute approximate surface area is 156 Å². The molecule has 0 unspecified atom stereocenters. The zero-order chi connectivity index (χ0) is 19.8. The Morgan fingerprint density at radius 1 is 1.22 bits per heavy atom. The van der Waals surface area contributed by atoms with Crippen LogP contribution in [0, 0.1) is 6.92 Å². The van der Waals surface area contributed by atoms with Gasteiger partial charge in [0.15, 0.2) is 5.76 Å². The molecular weight excluding hydrogens is 350 g/mol. The average molecular weight is 371 g/mol. The van der Waals surface area contributed by atoms with Crippen LogP contribution in [0.1, 0.15) is 18.4 Å². The molecule has 0 atom stereocenters. The van der Waals surface area contributed by atoms with E-state index in [-0.39, 0.29) is 11.3 Å². The molecule has 1 aromatic carbocycles. The number of carbonyl (C=O) groups is 2. The van der Waals surface area contributed by atoms with E-state index < -0.39 is 12.0 Å². The summed E-state index contributed by atoms with van der Waals surface area (Å²) >= 11 is 0. The molecule has 27 heavy (non-hydrogen) atoms. The third-order valence-corrected chi connectivity index (χ3v) is 3.54. The number of aryl methyl sites for hydroxylation is 2. The molecule has 1 aliphatic rings. The highest BCUT2D eigenvalue weighted by Gasteiger charge is 2.23. The fraction of sp³-hybridized carbons (Fsp3) is 0.263. The monoisotopic (exact) mass is 371 g/mol.